The third-order valence-electron chi connectivity index (χ3n) is 2.18. The van der Waals surface area contributed by atoms with Crippen LogP contribution in [-0.2, 0) is 7.05 Å². The predicted molar refractivity (Wildman–Crippen MR) is 57.0 cm³/mol. The van der Waals surface area contributed by atoms with Crippen molar-refractivity contribution < 1.29 is 14.6 Å². The van der Waals surface area contributed by atoms with Gasteiger partial charge in [0.1, 0.15) is 0 Å². The van der Waals surface area contributed by atoms with Gasteiger partial charge in [-0.05, 0) is 5.46 Å². The van der Waals surface area contributed by atoms with Crippen LogP contribution in [0.1, 0.15) is 0 Å². The molecule has 1 heterocycles. The molecule has 1 aromatic heterocycles. The third kappa shape index (κ3) is 1.90. The number of rotatable bonds is 2. The van der Waals surface area contributed by atoms with Gasteiger partial charge in [0.25, 0.3) is 0 Å². The van der Waals surface area contributed by atoms with Crippen molar-refractivity contribution in [3.05, 3.63) is 34.8 Å². The van der Waals surface area contributed by atoms with E-state index in [0.29, 0.717) is 16.9 Å². The van der Waals surface area contributed by atoms with Crippen LogP contribution in [0, 0.1) is 0 Å². The van der Waals surface area contributed by atoms with Crippen LogP contribution >= 0.6 is 0 Å². The molecular weight excluding hydrogens is 211 g/mol. The van der Waals surface area contributed by atoms with E-state index in [1.54, 1.807) is 31.3 Å². The Morgan fingerprint density at radius 3 is 2.38 bits per heavy atom. The Morgan fingerprint density at radius 2 is 1.94 bits per heavy atom. The lowest BCUT2D eigenvalue weighted by Gasteiger charge is -2.01. The number of benzene rings is 1. The fraction of sp³-hybridized carbons (Fsp3) is 0.111. The highest BCUT2D eigenvalue weighted by atomic mass is 16.5. The Labute approximate surface area is 90.9 Å². The lowest BCUT2D eigenvalue weighted by atomic mass is 9.80. The zero-order valence-electron chi connectivity index (χ0n) is 8.49. The lowest BCUT2D eigenvalue weighted by Crippen LogP contribution is -2.29. The summed E-state index contributed by atoms with van der Waals surface area (Å²) in [6, 6.07) is 6.34. The van der Waals surface area contributed by atoms with Crippen LogP contribution in [0.25, 0.3) is 11.4 Å². The largest absolute Gasteiger partial charge is 0.488 e. The molecule has 82 valence electrons. The zero-order valence-corrected chi connectivity index (χ0v) is 8.49. The summed E-state index contributed by atoms with van der Waals surface area (Å²) in [4.78, 5) is 14.6. The maximum absolute atomic E-state index is 10.9. The molecule has 2 aromatic rings. The Kier molecular flexibility index (Phi) is 2.63. The minimum absolute atomic E-state index is 0.372. The second-order valence-electron chi connectivity index (χ2n) is 3.29. The van der Waals surface area contributed by atoms with Crippen LogP contribution in [0.2, 0.25) is 0 Å². The Morgan fingerprint density at radius 1 is 1.31 bits per heavy atom. The summed E-state index contributed by atoms with van der Waals surface area (Å²) in [5.74, 6) is -0.271. The minimum atomic E-state index is -1.50. The molecule has 0 aliphatic rings. The quantitative estimate of drug-likeness (QED) is 0.615. The van der Waals surface area contributed by atoms with Crippen LogP contribution < -0.4 is 11.2 Å². The van der Waals surface area contributed by atoms with Crippen LogP contribution in [0.4, 0.5) is 0 Å². The van der Waals surface area contributed by atoms with Crippen molar-refractivity contribution in [2.45, 2.75) is 0 Å². The van der Waals surface area contributed by atoms with Crippen LogP contribution in [-0.4, -0.2) is 26.9 Å². The lowest BCUT2D eigenvalue weighted by molar-refractivity contribution is 0.286. The van der Waals surface area contributed by atoms with Gasteiger partial charge in [0.2, 0.25) is 0 Å². The van der Waals surface area contributed by atoms with Crippen molar-refractivity contribution >= 4 is 12.6 Å². The monoisotopic (exact) mass is 220 g/mol. The third-order valence-corrected chi connectivity index (χ3v) is 2.18. The van der Waals surface area contributed by atoms with Gasteiger partial charge >= 0.3 is 12.9 Å². The summed E-state index contributed by atoms with van der Waals surface area (Å²) in [5.41, 5.74) is 1.04. The molecule has 0 aliphatic carbocycles. The van der Waals surface area contributed by atoms with Gasteiger partial charge in [0, 0.05) is 12.6 Å². The molecular formula is C9H9BN2O4. The summed E-state index contributed by atoms with van der Waals surface area (Å²) < 4.78 is 5.95. The first kappa shape index (κ1) is 10.7. The maximum Gasteiger partial charge on any atom is 0.488 e. The fourth-order valence-electron chi connectivity index (χ4n) is 1.39. The molecule has 16 heavy (non-hydrogen) atoms. The summed E-state index contributed by atoms with van der Waals surface area (Å²) in [6.07, 6.45) is 0. The van der Waals surface area contributed by atoms with E-state index in [1.807, 2.05) is 0 Å². The molecule has 1 aromatic carbocycles. The van der Waals surface area contributed by atoms with Gasteiger partial charge in [0.05, 0.1) is 0 Å². The van der Waals surface area contributed by atoms with Gasteiger partial charge in [-0.2, -0.15) is 9.72 Å². The van der Waals surface area contributed by atoms with Crippen LogP contribution in [0.5, 0.6) is 0 Å². The minimum Gasteiger partial charge on any atom is -0.423 e. The van der Waals surface area contributed by atoms with Gasteiger partial charge < -0.3 is 14.6 Å². The van der Waals surface area contributed by atoms with Crippen LogP contribution in [0.3, 0.4) is 0 Å². The Bertz CT molecular complexity index is 543. The molecule has 7 heteroatoms. The maximum atomic E-state index is 10.9. The molecule has 0 atom stereocenters. The molecule has 2 N–H and O–H groups in total. The molecule has 0 saturated carbocycles. The molecule has 0 radical (unpaired) electrons. The van der Waals surface area contributed by atoms with Crippen molar-refractivity contribution in [2.24, 2.45) is 7.05 Å². The summed E-state index contributed by atoms with van der Waals surface area (Å²) in [7, 11) is 0.0635. The van der Waals surface area contributed by atoms with Crippen molar-refractivity contribution in [3.63, 3.8) is 0 Å². The van der Waals surface area contributed by atoms with Gasteiger partial charge in [0.15, 0.2) is 5.82 Å². The first-order chi connectivity index (χ1) is 7.58. The van der Waals surface area contributed by atoms with E-state index in [9.17, 15) is 4.79 Å². The smallest absolute Gasteiger partial charge is 0.423 e. The Hall–Kier alpha value is -1.86. The van der Waals surface area contributed by atoms with E-state index in [-0.39, 0.29) is 0 Å². The van der Waals surface area contributed by atoms with E-state index >= 15 is 0 Å². The van der Waals surface area contributed by atoms with Crippen LogP contribution in [0.15, 0.2) is 33.6 Å². The average Bonchev–Trinajstić information content (AvgIpc) is 2.58. The number of aromatic nitrogens is 2. The molecule has 0 saturated heterocycles. The Balaban J connectivity index is 2.42. The normalized spacial score (nSPS) is 10.4. The summed E-state index contributed by atoms with van der Waals surface area (Å²) >= 11 is 0. The topological polar surface area (TPSA) is 88.5 Å². The number of hydrogen-bond acceptors (Lipinski definition) is 5. The van der Waals surface area contributed by atoms with E-state index in [0.717, 1.165) is 0 Å². The van der Waals surface area contributed by atoms with E-state index < -0.39 is 12.9 Å². The van der Waals surface area contributed by atoms with Gasteiger partial charge in [-0.1, -0.05) is 24.3 Å². The highest BCUT2D eigenvalue weighted by molar-refractivity contribution is 6.58. The van der Waals surface area contributed by atoms with Crippen molar-refractivity contribution in [2.75, 3.05) is 0 Å². The predicted octanol–water partition coefficient (Wildman–Crippen LogP) is -1.28. The molecule has 0 unspecified atom stereocenters. The highest BCUT2D eigenvalue weighted by Gasteiger charge is 2.12. The van der Waals surface area contributed by atoms with Gasteiger partial charge in [-0.3, -0.25) is 0 Å². The SMILES string of the molecule is Cn1oc(=O)nc1-c1ccc(B(O)O)cc1. The molecule has 0 spiro atoms. The van der Waals surface area contributed by atoms with Gasteiger partial charge in [-0.25, -0.2) is 4.79 Å². The average molecular weight is 220 g/mol. The number of nitrogens with zero attached hydrogens (tertiary/aromatic N) is 2. The number of aryl methyl sites for hydroxylation is 1. The zero-order chi connectivity index (χ0) is 11.7. The van der Waals surface area contributed by atoms with E-state index in [1.165, 1.54) is 4.74 Å². The fourth-order valence-corrected chi connectivity index (χ4v) is 1.39. The highest BCUT2D eigenvalue weighted by Crippen LogP contribution is 2.13. The number of hydrogen-bond donors (Lipinski definition) is 2. The molecule has 0 amide bonds. The van der Waals surface area contributed by atoms with E-state index in [4.69, 9.17) is 14.6 Å². The first-order valence-corrected chi connectivity index (χ1v) is 4.59. The van der Waals surface area contributed by atoms with Crippen molar-refractivity contribution in [1.82, 2.24) is 9.72 Å². The second kappa shape index (κ2) is 3.95. The first-order valence-electron chi connectivity index (χ1n) is 4.59. The van der Waals surface area contributed by atoms with Crippen molar-refractivity contribution in [1.29, 1.82) is 0 Å². The molecule has 0 bridgehead atoms. The molecule has 0 aliphatic heterocycles. The van der Waals surface area contributed by atoms with Gasteiger partial charge in [-0.15, -0.1) is 0 Å². The summed E-state index contributed by atoms with van der Waals surface area (Å²) in [6.45, 7) is 0. The second-order valence-corrected chi connectivity index (χ2v) is 3.29. The molecule has 0 fully saturated rings. The van der Waals surface area contributed by atoms with E-state index in [2.05, 4.69) is 4.98 Å². The van der Waals surface area contributed by atoms with Crippen molar-refractivity contribution in [3.8, 4) is 11.4 Å². The molecule has 6 nitrogen and oxygen atoms in total. The standard InChI is InChI=1S/C9H9BN2O4/c1-12-8(11-9(13)16-12)6-2-4-7(5-3-6)10(14)15/h2-5,14-15H,1H3. The molecule has 2 rings (SSSR count). The summed E-state index contributed by atoms with van der Waals surface area (Å²) in [5, 5.41) is 17.8.